The number of amides is 2. The highest BCUT2D eigenvalue weighted by atomic mass is 32.1. The number of rotatable bonds is 5. The zero-order valence-electron chi connectivity index (χ0n) is 12.8. The number of hydrogen-bond donors (Lipinski definition) is 1. The minimum absolute atomic E-state index is 0.0842. The number of urea groups is 1. The number of hydrogen-bond acceptors (Lipinski definition) is 4. The van der Waals surface area contributed by atoms with Crippen molar-refractivity contribution < 1.29 is 9.32 Å². The van der Waals surface area contributed by atoms with Gasteiger partial charge in [0.05, 0.1) is 12.2 Å². The quantitative estimate of drug-likeness (QED) is 0.923. The molecule has 2 heterocycles. The highest BCUT2D eigenvalue weighted by molar-refractivity contribution is 7.09. The van der Waals surface area contributed by atoms with Crippen LogP contribution in [0.4, 0.5) is 4.79 Å². The average Bonchev–Trinajstić information content (AvgIpc) is 3.03. The largest absolute Gasteiger partial charge is 0.361 e. The molecule has 114 valence electrons. The summed E-state index contributed by atoms with van der Waals surface area (Å²) >= 11 is 1.71. The minimum Gasteiger partial charge on any atom is -0.361 e. The van der Waals surface area contributed by atoms with Crippen molar-refractivity contribution in [3.63, 3.8) is 0 Å². The van der Waals surface area contributed by atoms with E-state index in [-0.39, 0.29) is 12.1 Å². The Morgan fingerprint density at radius 3 is 2.86 bits per heavy atom. The lowest BCUT2D eigenvalue weighted by Gasteiger charge is -2.21. The van der Waals surface area contributed by atoms with Gasteiger partial charge in [0.25, 0.3) is 0 Å². The lowest BCUT2D eigenvalue weighted by Crippen LogP contribution is -2.42. The van der Waals surface area contributed by atoms with Crippen molar-refractivity contribution in [1.29, 1.82) is 0 Å². The number of aromatic nitrogens is 1. The number of thiophene rings is 1. The van der Waals surface area contributed by atoms with Crippen molar-refractivity contribution in [3.8, 4) is 0 Å². The van der Waals surface area contributed by atoms with Crippen LogP contribution in [0.15, 0.2) is 22.0 Å². The van der Waals surface area contributed by atoms with Gasteiger partial charge in [0.2, 0.25) is 0 Å². The molecular formula is C15H21N3O2S. The van der Waals surface area contributed by atoms with E-state index >= 15 is 0 Å². The van der Waals surface area contributed by atoms with Gasteiger partial charge < -0.3 is 14.7 Å². The molecule has 2 aromatic heterocycles. The topological polar surface area (TPSA) is 58.4 Å². The maximum Gasteiger partial charge on any atom is 0.317 e. The highest BCUT2D eigenvalue weighted by Gasteiger charge is 2.17. The van der Waals surface area contributed by atoms with Crippen molar-refractivity contribution in [2.45, 2.75) is 39.8 Å². The number of carbonyl (C=O) groups excluding carboxylic acids is 1. The Hall–Kier alpha value is -1.82. The Morgan fingerprint density at radius 1 is 1.52 bits per heavy atom. The molecule has 0 spiro atoms. The van der Waals surface area contributed by atoms with Crippen molar-refractivity contribution in [2.75, 3.05) is 7.05 Å². The third kappa shape index (κ3) is 4.07. The van der Waals surface area contributed by atoms with Crippen LogP contribution in [-0.4, -0.2) is 29.2 Å². The van der Waals surface area contributed by atoms with Gasteiger partial charge in [0, 0.05) is 30.0 Å². The molecule has 0 saturated carbocycles. The van der Waals surface area contributed by atoms with E-state index in [0.717, 1.165) is 23.4 Å². The second-order valence-electron chi connectivity index (χ2n) is 5.29. The molecule has 2 rings (SSSR count). The maximum atomic E-state index is 12.2. The molecule has 0 aliphatic carbocycles. The summed E-state index contributed by atoms with van der Waals surface area (Å²) in [5.41, 5.74) is 1.80. The van der Waals surface area contributed by atoms with Crippen LogP contribution in [0, 0.1) is 13.8 Å². The molecule has 0 fully saturated rings. The summed E-state index contributed by atoms with van der Waals surface area (Å²) in [6, 6.07) is 4.13. The van der Waals surface area contributed by atoms with Crippen LogP contribution in [0.3, 0.4) is 0 Å². The fraction of sp³-hybridized carbons (Fsp3) is 0.467. The molecule has 5 nitrogen and oxygen atoms in total. The van der Waals surface area contributed by atoms with Crippen molar-refractivity contribution >= 4 is 17.4 Å². The first-order chi connectivity index (χ1) is 9.97. The predicted octanol–water partition coefficient (Wildman–Crippen LogP) is 3.13. The molecule has 2 amide bonds. The van der Waals surface area contributed by atoms with Gasteiger partial charge in [-0.3, -0.25) is 0 Å². The molecule has 0 aromatic carbocycles. The van der Waals surface area contributed by atoms with Gasteiger partial charge in [-0.2, -0.15) is 0 Å². The Morgan fingerprint density at radius 2 is 2.29 bits per heavy atom. The first-order valence-electron chi connectivity index (χ1n) is 6.93. The van der Waals surface area contributed by atoms with E-state index in [4.69, 9.17) is 4.52 Å². The Labute approximate surface area is 128 Å². The van der Waals surface area contributed by atoms with E-state index in [2.05, 4.69) is 16.5 Å². The third-order valence-electron chi connectivity index (χ3n) is 3.38. The van der Waals surface area contributed by atoms with Gasteiger partial charge in [-0.1, -0.05) is 11.2 Å². The molecule has 2 aromatic rings. The molecule has 21 heavy (non-hydrogen) atoms. The SMILES string of the molecule is Cc1noc(C)c1CN(C)C(=O)NC(C)Cc1cccs1. The van der Waals surface area contributed by atoms with Gasteiger partial charge in [-0.25, -0.2) is 4.79 Å². The van der Waals surface area contributed by atoms with E-state index in [1.165, 1.54) is 4.88 Å². The van der Waals surface area contributed by atoms with Crippen LogP contribution in [-0.2, 0) is 13.0 Å². The zero-order valence-corrected chi connectivity index (χ0v) is 13.7. The lowest BCUT2D eigenvalue weighted by molar-refractivity contribution is 0.203. The second-order valence-corrected chi connectivity index (χ2v) is 6.33. The van der Waals surface area contributed by atoms with Gasteiger partial charge in [0.15, 0.2) is 0 Å². The molecule has 0 saturated heterocycles. The van der Waals surface area contributed by atoms with Crippen molar-refractivity contribution in [1.82, 2.24) is 15.4 Å². The van der Waals surface area contributed by atoms with E-state index in [1.807, 2.05) is 32.2 Å². The minimum atomic E-state index is -0.0842. The standard InChI is InChI=1S/C15H21N3O2S/c1-10(8-13-6-5-7-21-13)16-15(19)18(4)9-14-11(2)17-20-12(14)3/h5-7,10H,8-9H2,1-4H3,(H,16,19). The summed E-state index contributed by atoms with van der Waals surface area (Å²) in [4.78, 5) is 15.1. The maximum absolute atomic E-state index is 12.2. The van der Waals surface area contributed by atoms with E-state index in [9.17, 15) is 4.79 Å². The summed E-state index contributed by atoms with van der Waals surface area (Å²) < 4.78 is 5.12. The third-order valence-corrected chi connectivity index (χ3v) is 4.28. The first-order valence-corrected chi connectivity index (χ1v) is 7.81. The molecule has 1 unspecified atom stereocenters. The second kappa shape index (κ2) is 6.76. The van der Waals surface area contributed by atoms with E-state index in [1.54, 1.807) is 23.3 Å². The lowest BCUT2D eigenvalue weighted by atomic mass is 10.2. The first kappa shape index (κ1) is 15.6. The van der Waals surface area contributed by atoms with Gasteiger partial charge in [-0.15, -0.1) is 11.3 Å². The molecule has 0 bridgehead atoms. The van der Waals surface area contributed by atoms with Crippen LogP contribution in [0.2, 0.25) is 0 Å². The predicted molar refractivity (Wildman–Crippen MR) is 83.5 cm³/mol. The van der Waals surface area contributed by atoms with Crippen LogP contribution < -0.4 is 5.32 Å². The Kier molecular flexibility index (Phi) is 5.01. The van der Waals surface area contributed by atoms with Crippen LogP contribution in [0.1, 0.15) is 28.8 Å². The summed E-state index contributed by atoms with van der Waals surface area (Å²) in [7, 11) is 1.78. The fourth-order valence-corrected chi connectivity index (χ4v) is 2.97. The highest BCUT2D eigenvalue weighted by Crippen LogP contribution is 2.15. The van der Waals surface area contributed by atoms with Gasteiger partial charge >= 0.3 is 6.03 Å². The van der Waals surface area contributed by atoms with Gasteiger partial charge in [0.1, 0.15) is 5.76 Å². The van der Waals surface area contributed by atoms with E-state index < -0.39 is 0 Å². The molecule has 0 aliphatic heterocycles. The molecule has 1 atom stereocenters. The summed E-state index contributed by atoms with van der Waals surface area (Å²) in [5, 5.41) is 8.97. The molecule has 0 radical (unpaired) electrons. The van der Waals surface area contributed by atoms with Crippen molar-refractivity contribution in [2.24, 2.45) is 0 Å². The normalized spacial score (nSPS) is 12.2. The molecular weight excluding hydrogens is 286 g/mol. The fourth-order valence-electron chi connectivity index (χ4n) is 2.14. The number of nitrogens with one attached hydrogen (secondary N) is 1. The number of aryl methyl sites for hydroxylation is 2. The smallest absolute Gasteiger partial charge is 0.317 e. The summed E-state index contributed by atoms with van der Waals surface area (Å²) in [6.45, 7) is 6.26. The molecule has 1 N–H and O–H groups in total. The van der Waals surface area contributed by atoms with Crippen LogP contribution in [0.5, 0.6) is 0 Å². The average molecular weight is 307 g/mol. The van der Waals surface area contributed by atoms with E-state index in [0.29, 0.717) is 6.54 Å². The zero-order chi connectivity index (χ0) is 15.4. The Balaban J connectivity index is 1.87. The molecule has 6 heteroatoms. The van der Waals surface area contributed by atoms with Crippen LogP contribution >= 0.6 is 11.3 Å². The summed E-state index contributed by atoms with van der Waals surface area (Å²) in [6.07, 6.45) is 0.850. The van der Waals surface area contributed by atoms with Gasteiger partial charge in [-0.05, 0) is 32.2 Å². The monoisotopic (exact) mass is 307 g/mol. The summed E-state index contributed by atoms with van der Waals surface area (Å²) in [5.74, 6) is 0.763. The van der Waals surface area contributed by atoms with Crippen molar-refractivity contribution in [3.05, 3.63) is 39.4 Å². The van der Waals surface area contributed by atoms with Crippen LogP contribution in [0.25, 0.3) is 0 Å². The molecule has 0 aliphatic rings. The Bertz CT molecular complexity index is 573. The number of carbonyl (C=O) groups is 1. The number of nitrogens with zero attached hydrogens (tertiary/aromatic N) is 2.